The van der Waals surface area contributed by atoms with E-state index in [0.29, 0.717) is 0 Å². The molecule has 0 atom stereocenters. The van der Waals surface area contributed by atoms with Crippen molar-refractivity contribution in [3.63, 3.8) is 0 Å². The highest BCUT2D eigenvalue weighted by molar-refractivity contribution is 5.75. The van der Waals surface area contributed by atoms with Gasteiger partial charge < -0.3 is 0 Å². The van der Waals surface area contributed by atoms with Crippen molar-refractivity contribution in [2.45, 2.75) is 6.30 Å². The van der Waals surface area contributed by atoms with Crippen molar-refractivity contribution in [3.8, 4) is 0 Å². The van der Waals surface area contributed by atoms with Gasteiger partial charge in [0, 0.05) is 0 Å². The second-order valence-electron chi connectivity index (χ2n) is 2.28. The first-order valence-corrected chi connectivity index (χ1v) is 3.42. The average molecular weight is 189 g/mol. The molecule has 0 aliphatic carbocycles. The zero-order chi connectivity index (χ0) is 9.90. The molecule has 0 spiro atoms. The normalized spacial score (nSPS) is 11.0. The van der Waals surface area contributed by atoms with E-state index >= 15 is 0 Å². The van der Waals surface area contributed by atoms with Crippen LogP contribution in [0.3, 0.4) is 0 Å². The van der Waals surface area contributed by atoms with E-state index in [2.05, 4.69) is 0 Å². The Balaban J connectivity index is 2.99. The molecule has 5 heteroatoms. The fraction of sp³-hybridized carbons (Fsp3) is 0.125. The van der Waals surface area contributed by atoms with Crippen LogP contribution in [0.4, 0.5) is 18.9 Å². The Morgan fingerprint density at radius 2 is 1.69 bits per heavy atom. The summed E-state index contributed by atoms with van der Waals surface area (Å²) in [7, 11) is 0. The maximum Gasteiger partial charge on any atom is 0.491 e. The monoisotopic (exact) mass is 189 g/mol. The van der Waals surface area contributed by atoms with Crippen LogP contribution in [0.25, 0.3) is 0 Å². The van der Waals surface area contributed by atoms with Gasteiger partial charge in [-0.2, -0.15) is 0 Å². The van der Waals surface area contributed by atoms with Gasteiger partial charge in [0.15, 0.2) is 0 Å². The third kappa shape index (κ3) is 2.21. The first-order valence-electron chi connectivity index (χ1n) is 3.42. The molecule has 70 valence electrons. The van der Waals surface area contributed by atoms with Gasteiger partial charge in [0.05, 0.1) is 5.69 Å². The Morgan fingerprint density at radius 1 is 1.15 bits per heavy atom. The number of carbonyl (C=O) groups excluding carboxylic acids is 1. The Labute approximate surface area is 72.6 Å². The second kappa shape index (κ2) is 3.47. The highest BCUT2D eigenvalue weighted by atomic mass is 19.4. The molecule has 0 aromatic heterocycles. The van der Waals surface area contributed by atoms with Crippen molar-refractivity contribution >= 4 is 12.1 Å². The molecule has 0 unspecified atom stereocenters. The standard InChI is InChI=1S/C8H6F3NO/c9-8(10,11)12(6-13)7-4-2-1-3-5-7/h1-6H. The minimum absolute atomic E-state index is 0.190. The minimum atomic E-state index is -4.66. The zero-order valence-electron chi connectivity index (χ0n) is 6.45. The van der Waals surface area contributed by atoms with E-state index in [4.69, 9.17) is 0 Å². The Kier molecular flexibility index (Phi) is 2.55. The van der Waals surface area contributed by atoms with Crippen molar-refractivity contribution in [2.24, 2.45) is 0 Å². The fourth-order valence-corrected chi connectivity index (χ4v) is 0.856. The molecule has 0 saturated carbocycles. The van der Waals surface area contributed by atoms with Crippen molar-refractivity contribution in [2.75, 3.05) is 4.90 Å². The molecule has 0 fully saturated rings. The van der Waals surface area contributed by atoms with Crippen LogP contribution in [0.15, 0.2) is 30.3 Å². The van der Waals surface area contributed by atoms with Gasteiger partial charge in [-0.25, -0.2) is 4.90 Å². The molecule has 0 heterocycles. The second-order valence-corrected chi connectivity index (χ2v) is 2.28. The number of alkyl halides is 3. The predicted octanol–water partition coefficient (Wildman–Crippen LogP) is 2.17. The summed E-state index contributed by atoms with van der Waals surface area (Å²) in [6, 6.07) is 6.85. The topological polar surface area (TPSA) is 20.3 Å². The number of carbonyl (C=O) groups is 1. The van der Waals surface area contributed by atoms with Crippen molar-refractivity contribution in [1.29, 1.82) is 0 Å². The van der Waals surface area contributed by atoms with Crippen molar-refractivity contribution in [3.05, 3.63) is 30.3 Å². The first kappa shape index (κ1) is 9.57. The number of halogens is 3. The summed E-state index contributed by atoms with van der Waals surface area (Å²) < 4.78 is 36.3. The van der Waals surface area contributed by atoms with Crippen LogP contribution >= 0.6 is 0 Å². The van der Waals surface area contributed by atoms with E-state index in [1.54, 1.807) is 6.07 Å². The lowest BCUT2D eigenvalue weighted by Gasteiger charge is -2.19. The van der Waals surface area contributed by atoms with Crippen LogP contribution in [0, 0.1) is 0 Å². The van der Waals surface area contributed by atoms with E-state index in [9.17, 15) is 18.0 Å². The third-order valence-electron chi connectivity index (χ3n) is 1.41. The number of hydrogen-bond donors (Lipinski definition) is 0. The molecule has 0 bridgehead atoms. The van der Waals surface area contributed by atoms with E-state index in [1.165, 1.54) is 24.3 Å². The van der Waals surface area contributed by atoms with Crippen LogP contribution in [-0.4, -0.2) is 12.7 Å². The molecule has 0 N–H and O–H groups in total. The van der Waals surface area contributed by atoms with Crippen LogP contribution < -0.4 is 4.90 Å². The van der Waals surface area contributed by atoms with Crippen LogP contribution in [0.2, 0.25) is 0 Å². The largest absolute Gasteiger partial charge is 0.491 e. The molecule has 1 aromatic rings. The molecular weight excluding hydrogens is 183 g/mol. The van der Waals surface area contributed by atoms with E-state index < -0.39 is 6.30 Å². The minimum Gasteiger partial charge on any atom is -0.278 e. The van der Waals surface area contributed by atoms with Crippen LogP contribution in [0.1, 0.15) is 0 Å². The molecule has 1 rings (SSSR count). The summed E-state index contributed by atoms with van der Waals surface area (Å²) in [4.78, 5) is 9.87. The summed E-state index contributed by atoms with van der Waals surface area (Å²) in [6.07, 6.45) is -4.92. The van der Waals surface area contributed by atoms with E-state index in [-0.39, 0.29) is 17.0 Å². The summed E-state index contributed by atoms with van der Waals surface area (Å²) in [6.45, 7) is 0. The van der Waals surface area contributed by atoms with Gasteiger partial charge >= 0.3 is 6.30 Å². The number of rotatable bonds is 2. The number of nitrogens with zero attached hydrogens (tertiary/aromatic N) is 1. The van der Waals surface area contributed by atoms with Crippen molar-refractivity contribution in [1.82, 2.24) is 0 Å². The number of hydrogen-bond acceptors (Lipinski definition) is 1. The maximum absolute atomic E-state index is 12.1. The highest BCUT2D eigenvalue weighted by Crippen LogP contribution is 2.26. The van der Waals surface area contributed by atoms with Gasteiger partial charge in [0.2, 0.25) is 6.41 Å². The average Bonchev–Trinajstić information content (AvgIpc) is 2.05. The molecule has 1 amide bonds. The Bertz CT molecular complexity index is 283. The van der Waals surface area contributed by atoms with Gasteiger partial charge in [-0.3, -0.25) is 4.79 Å². The fourth-order valence-electron chi connectivity index (χ4n) is 0.856. The SMILES string of the molecule is O=CN(c1ccccc1)C(F)(F)F. The lowest BCUT2D eigenvalue weighted by atomic mass is 10.3. The Morgan fingerprint density at radius 3 is 2.08 bits per heavy atom. The van der Waals surface area contributed by atoms with E-state index in [1.807, 2.05) is 0 Å². The van der Waals surface area contributed by atoms with Crippen molar-refractivity contribution < 1.29 is 18.0 Å². The summed E-state index contributed by atoms with van der Waals surface area (Å²) in [5.74, 6) is 0. The summed E-state index contributed by atoms with van der Waals surface area (Å²) >= 11 is 0. The van der Waals surface area contributed by atoms with Gasteiger partial charge in [0.25, 0.3) is 0 Å². The van der Waals surface area contributed by atoms with Crippen LogP contribution in [0.5, 0.6) is 0 Å². The maximum atomic E-state index is 12.1. The Hall–Kier alpha value is -1.52. The number of benzene rings is 1. The lowest BCUT2D eigenvalue weighted by Crippen LogP contribution is -2.36. The zero-order valence-corrected chi connectivity index (χ0v) is 6.45. The van der Waals surface area contributed by atoms with Gasteiger partial charge in [-0.05, 0) is 12.1 Å². The molecule has 13 heavy (non-hydrogen) atoms. The quantitative estimate of drug-likeness (QED) is 0.515. The highest BCUT2D eigenvalue weighted by Gasteiger charge is 2.37. The summed E-state index contributed by atoms with van der Waals surface area (Å²) in [5.41, 5.74) is -0.190. The molecule has 0 aliphatic heterocycles. The predicted molar refractivity (Wildman–Crippen MR) is 41.0 cm³/mol. The van der Waals surface area contributed by atoms with Gasteiger partial charge in [-0.1, -0.05) is 18.2 Å². The molecule has 1 aromatic carbocycles. The molecule has 0 radical (unpaired) electrons. The van der Waals surface area contributed by atoms with E-state index in [0.717, 1.165) is 0 Å². The summed E-state index contributed by atoms with van der Waals surface area (Å²) in [5, 5.41) is 0. The lowest BCUT2D eigenvalue weighted by molar-refractivity contribution is -0.141. The smallest absolute Gasteiger partial charge is 0.278 e. The number of amides is 1. The van der Waals surface area contributed by atoms with Crippen LogP contribution in [-0.2, 0) is 4.79 Å². The molecule has 2 nitrogen and oxygen atoms in total. The first-order chi connectivity index (χ1) is 6.05. The molecular formula is C8H6F3NO. The number of para-hydroxylation sites is 1. The van der Waals surface area contributed by atoms with Gasteiger partial charge in [-0.15, -0.1) is 13.2 Å². The third-order valence-corrected chi connectivity index (χ3v) is 1.41. The van der Waals surface area contributed by atoms with Gasteiger partial charge in [0.1, 0.15) is 0 Å². The number of anilines is 1. The molecule has 0 saturated heterocycles. The molecule has 0 aliphatic rings.